The molecule has 2 heteroatoms. The molecule has 0 saturated heterocycles. The fraction of sp³-hybridized carbons (Fsp3) is 0.429. The molecule has 0 aliphatic rings. The van der Waals surface area contributed by atoms with Gasteiger partial charge in [-0.2, -0.15) is 0 Å². The van der Waals surface area contributed by atoms with Crippen molar-refractivity contribution >= 4 is 0 Å². The van der Waals surface area contributed by atoms with Gasteiger partial charge in [0, 0.05) is 0 Å². The van der Waals surface area contributed by atoms with Crippen LogP contribution in [-0.4, -0.2) is 25.4 Å². The molecule has 0 aromatic carbocycles. The summed E-state index contributed by atoms with van der Waals surface area (Å²) in [6.45, 7) is 15.8. The molecule has 0 aliphatic heterocycles. The van der Waals surface area contributed by atoms with E-state index in [2.05, 4.69) is 26.3 Å². The average molecular weight is 222 g/mol. The topological polar surface area (TPSA) is 18.5 Å². The van der Waals surface area contributed by atoms with Crippen molar-refractivity contribution in [1.82, 2.24) is 0 Å². The first-order chi connectivity index (χ1) is 7.78. The lowest BCUT2D eigenvalue weighted by molar-refractivity contribution is 0.0664. The zero-order valence-electron chi connectivity index (χ0n) is 9.94. The lowest BCUT2D eigenvalue weighted by atomic mass is 10.1. The fourth-order valence-electron chi connectivity index (χ4n) is 1.25. The molecule has 0 N–H and O–H groups in total. The monoisotopic (exact) mass is 222 g/mol. The molecule has 0 amide bonds. The van der Waals surface area contributed by atoms with Crippen LogP contribution >= 0.6 is 0 Å². The van der Waals surface area contributed by atoms with Gasteiger partial charge in [0.2, 0.25) is 0 Å². The maximum Gasteiger partial charge on any atom is 0.0758 e. The molecule has 0 aliphatic carbocycles. The summed E-state index contributed by atoms with van der Waals surface area (Å²) in [5.41, 5.74) is 0. The minimum Gasteiger partial charge on any atom is -0.370 e. The Morgan fingerprint density at radius 2 is 1.12 bits per heavy atom. The molecule has 90 valence electrons. The highest BCUT2D eigenvalue weighted by Gasteiger charge is 2.08. The van der Waals surface area contributed by atoms with Crippen LogP contribution in [0.3, 0.4) is 0 Å². The SMILES string of the molecule is C=CCOC(C=C)CCC(C=C)OCC=C. The second-order valence-corrected chi connectivity index (χ2v) is 3.37. The fourth-order valence-corrected chi connectivity index (χ4v) is 1.25. The van der Waals surface area contributed by atoms with Gasteiger partial charge in [0.25, 0.3) is 0 Å². The van der Waals surface area contributed by atoms with Crippen LogP contribution in [0, 0.1) is 0 Å². The molecule has 0 aromatic heterocycles. The number of hydrogen-bond acceptors (Lipinski definition) is 2. The smallest absolute Gasteiger partial charge is 0.0758 e. The molecule has 0 fully saturated rings. The predicted molar refractivity (Wildman–Crippen MR) is 69.5 cm³/mol. The summed E-state index contributed by atoms with van der Waals surface area (Å²) >= 11 is 0. The molecular weight excluding hydrogens is 200 g/mol. The Morgan fingerprint density at radius 1 is 0.750 bits per heavy atom. The largest absolute Gasteiger partial charge is 0.370 e. The van der Waals surface area contributed by atoms with Crippen molar-refractivity contribution in [3.63, 3.8) is 0 Å². The van der Waals surface area contributed by atoms with Gasteiger partial charge in [-0.15, -0.1) is 26.3 Å². The third-order valence-corrected chi connectivity index (χ3v) is 2.12. The van der Waals surface area contributed by atoms with Crippen LogP contribution in [0.2, 0.25) is 0 Å². The third kappa shape index (κ3) is 7.21. The van der Waals surface area contributed by atoms with Crippen LogP contribution in [0.15, 0.2) is 50.6 Å². The van der Waals surface area contributed by atoms with Crippen molar-refractivity contribution in [1.29, 1.82) is 0 Å². The van der Waals surface area contributed by atoms with E-state index in [1.54, 1.807) is 24.3 Å². The standard InChI is InChI=1S/C14H22O2/c1-5-11-15-13(7-3)9-10-14(8-4)16-12-6-2/h5-8,13-14H,1-4,9-12H2. The zero-order chi connectivity index (χ0) is 12.2. The van der Waals surface area contributed by atoms with Crippen LogP contribution in [0.25, 0.3) is 0 Å². The van der Waals surface area contributed by atoms with E-state index in [0.29, 0.717) is 13.2 Å². The van der Waals surface area contributed by atoms with Crippen LogP contribution < -0.4 is 0 Å². The summed E-state index contributed by atoms with van der Waals surface area (Å²) < 4.78 is 11.0. The lowest BCUT2D eigenvalue weighted by Gasteiger charge is -2.16. The van der Waals surface area contributed by atoms with Gasteiger partial charge in [0.15, 0.2) is 0 Å². The quantitative estimate of drug-likeness (QED) is 0.499. The summed E-state index contributed by atoms with van der Waals surface area (Å²) in [7, 11) is 0. The Morgan fingerprint density at radius 3 is 1.38 bits per heavy atom. The summed E-state index contributed by atoms with van der Waals surface area (Å²) in [4.78, 5) is 0. The third-order valence-electron chi connectivity index (χ3n) is 2.12. The van der Waals surface area contributed by atoms with Crippen LogP contribution in [0.4, 0.5) is 0 Å². The number of ether oxygens (including phenoxy) is 2. The normalized spacial score (nSPS) is 13.8. The lowest BCUT2D eigenvalue weighted by Crippen LogP contribution is -2.16. The zero-order valence-corrected chi connectivity index (χ0v) is 9.94. The van der Waals surface area contributed by atoms with Gasteiger partial charge >= 0.3 is 0 Å². The van der Waals surface area contributed by atoms with Crippen LogP contribution in [-0.2, 0) is 9.47 Å². The Balaban J connectivity index is 3.86. The highest BCUT2D eigenvalue weighted by molar-refractivity contribution is 4.86. The second kappa shape index (κ2) is 10.4. The van der Waals surface area contributed by atoms with Crippen molar-refractivity contribution in [2.75, 3.05) is 13.2 Å². The molecule has 0 aromatic rings. The van der Waals surface area contributed by atoms with E-state index in [-0.39, 0.29) is 12.2 Å². The molecule has 0 heterocycles. The van der Waals surface area contributed by atoms with E-state index in [0.717, 1.165) is 12.8 Å². The highest BCUT2D eigenvalue weighted by Crippen LogP contribution is 2.10. The van der Waals surface area contributed by atoms with Crippen LogP contribution in [0.5, 0.6) is 0 Å². The van der Waals surface area contributed by atoms with Crippen LogP contribution in [0.1, 0.15) is 12.8 Å². The molecule has 2 nitrogen and oxygen atoms in total. The number of rotatable bonds is 11. The van der Waals surface area contributed by atoms with Crippen molar-refractivity contribution < 1.29 is 9.47 Å². The first-order valence-electron chi connectivity index (χ1n) is 5.48. The van der Waals surface area contributed by atoms with Gasteiger partial charge in [-0.3, -0.25) is 0 Å². The van der Waals surface area contributed by atoms with Gasteiger partial charge in [0.1, 0.15) is 0 Å². The van der Waals surface area contributed by atoms with E-state index in [4.69, 9.17) is 9.47 Å². The summed E-state index contributed by atoms with van der Waals surface area (Å²) in [5.74, 6) is 0. The Kier molecular flexibility index (Phi) is 9.67. The van der Waals surface area contributed by atoms with Crippen molar-refractivity contribution in [2.45, 2.75) is 25.0 Å². The second-order valence-electron chi connectivity index (χ2n) is 3.37. The molecule has 0 radical (unpaired) electrons. The van der Waals surface area contributed by atoms with Crippen molar-refractivity contribution in [2.24, 2.45) is 0 Å². The van der Waals surface area contributed by atoms with E-state index in [1.165, 1.54) is 0 Å². The summed E-state index contributed by atoms with van der Waals surface area (Å²) in [6.07, 6.45) is 8.90. The summed E-state index contributed by atoms with van der Waals surface area (Å²) in [5, 5.41) is 0. The van der Waals surface area contributed by atoms with Crippen molar-refractivity contribution in [3.8, 4) is 0 Å². The maximum atomic E-state index is 5.49. The van der Waals surface area contributed by atoms with E-state index in [1.807, 2.05) is 0 Å². The Bertz CT molecular complexity index is 197. The van der Waals surface area contributed by atoms with Gasteiger partial charge < -0.3 is 9.47 Å². The highest BCUT2D eigenvalue weighted by atomic mass is 16.5. The molecule has 2 atom stereocenters. The number of hydrogen-bond donors (Lipinski definition) is 0. The van der Waals surface area contributed by atoms with E-state index >= 15 is 0 Å². The Hall–Kier alpha value is -1.12. The average Bonchev–Trinajstić information content (AvgIpc) is 2.33. The summed E-state index contributed by atoms with van der Waals surface area (Å²) in [6, 6.07) is 0. The van der Waals surface area contributed by atoms with E-state index < -0.39 is 0 Å². The van der Waals surface area contributed by atoms with Gasteiger partial charge in [-0.1, -0.05) is 24.3 Å². The minimum atomic E-state index is 0.0489. The molecule has 0 bridgehead atoms. The maximum absolute atomic E-state index is 5.49. The first kappa shape index (κ1) is 14.9. The first-order valence-corrected chi connectivity index (χ1v) is 5.48. The predicted octanol–water partition coefficient (Wildman–Crippen LogP) is 3.28. The molecule has 16 heavy (non-hydrogen) atoms. The van der Waals surface area contributed by atoms with Gasteiger partial charge in [0.05, 0.1) is 25.4 Å². The molecular formula is C14H22O2. The molecule has 2 unspecified atom stereocenters. The van der Waals surface area contributed by atoms with E-state index in [9.17, 15) is 0 Å². The Labute approximate surface area is 99.0 Å². The van der Waals surface area contributed by atoms with Gasteiger partial charge in [-0.05, 0) is 12.8 Å². The van der Waals surface area contributed by atoms with Gasteiger partial charge in [-0.25, -0.2) is 0 Å². The molecule has 0 saturated carbocycles. The van der Waals surface area contributed by atoms with Crippen molar-refractivity contribution in [3.05, 3.63) is 50.6 Å². The molecule has 0 rings (SSSR count). The minimum absolute atomic E-state index is 0.0489. The molecule has 0 spiro atoms.